The molecule has 0 saturated carbocycles. The maximum atomic E-state index is 12.4. The average molecular weight is 297 g/mol. The Bertz CT molecular complexity index is 418. The maximum Gasteiger partial charge on any atom is 0.320 e. The summed E-state index contributed by atoms with van der Waals surface area (Å²) in [5, 5.41) is 8.69. The van der Waals surface area contributed by atoms with E-state index in [1.54, 1.807) is 9.80 Å². The van der Waals surface area contributed by atoms with Crippen molar-refractivity contribution >= 4 is 17.9 Å². The minimum atomic E-state index is -0.769. The molecule has 7 nitrogen and oxygen atoms in total. The number of piperidine rings is 1. The lowest BCUT2D eigenvalue weighted by molar-refractivity contribution is -0.137. The molecule has 3 amide bonds. The van der Waals surface area contributed by atoms with Crippen LogP contribution in [0.2, 0.25) is 0 Å². The Kier molecular flexibility index (Phi) is 5.03. The topological polar surface area (TPSA) is 104 Å². The summed E-state index contributed by atoms with van der Waals surface area (Å²) in [7, 11) is 0. The molecule has 0 aromatic rings. The van der Waals surface area contributed by atoms with Crippen LogP contribution in [-0.4, -0.2) is 58.5 Å². The van der Waals surface area contributed by atoms with Gasteiger partial charge in [0, 0.05) is 26.1 Å². The highest BCUT2D eigenvalue weighted by molar-refractivity contribution is 5.86. The highest BCUT2D eigenvalue weighted by Gasteiger charge is 2.36. The third-order valence-electron chi connectivity index (χ3n) is 4.48. The molecule has 0 aromatic carbocycles. The fourth-order valence-electron chi connectivity index (χ4n) is 3.21. The number of hydrogen-bond acceptors (Lipinski definition) is 3. The number of nitrogens with two attached hydrogens (primary N) is 1. The normalized spacial score (nSPS) is 23.3. The summed E-state index contributed by atoms with van der Waals surface area (Å²) in [4.78, 5) is 37.7. The van der Waals surface area contributed by atoms with E-state index >= 15 is 0 Å². The summed E-state index contributed by atoms with van der Waals surface area (Å²) in [6.45, 7) is 1.85. The van der Waals surface area contributed by atoms with E-state index in [0.717, 1.165) is 19.3 Å². The van der Waals surface area contributed by atoms with Crippen LogP contribution in [0.15, 0.2) is 0 Å². The molecular formula is C14H23N3O4. The van der Waals surface area contributed by atoms with Gasteiger partial charge in [0.25, 0.3) is 0 Å². The zero-order chi connectivity index (χ0) is 15.4. The molecule has 2 rings (SSSR count). The fraction of sp³-hybridized carbons (Fsp3) is 0.786. The van der Waals surface area contributed by atoms with E-state index in [-0.39, 0.29) is 12.5 Å². The monoisotopic (exact) mass is 297 g/mol. The summed E-state index contributed by atoms with van der Waals surface area (Å²) < 4.78 is 0. The van der Waals surface area contributed by atoms with Crippen LogP contribution in [0.1, 0.15) is 38.5 Å². The van der Waals surface area contributed by atoms with Crippen molar-refractivity contribution in [2.24, 2.45) is 11.7 Å². The molecule has 0 aliphatic carbocycles. The van der Waals surface area contributed by atoms with Gasteiger partial charge in [-0.25, -0.2) is 4.79 Å². The molecule has 0 aromatic heterocycles. The first-order chi connectivity index (χ1) is 9.99. The van der Waals surface area contributed by atoms with Gasteiger partial charge in [-0.05, 0) is 38.0 Å². The summed E-state index contributed by atoms with van der Waals surface area (Å²) in [5.41, 5.74) is 5.34. The molecule has 2 heterocycles. The van der Waals surface area contributed by atoms with Gasteiger partial charge < -0.3 is 20.6 Å². The Morgan fingerprint density at radius 1 is 1.10 bits per heavy atom. The number of nitrogens with zero attached hydrogens (tertiary/aromatic N) is 2. The molecule has 1 unspecified atom stereocenters. The lowest BCUT2D eigenvalue weighted by Crippen LogP contribution is -2.51. The lowest BCUT2D eigenvalue weighted by atomic mass is 9.92. The second-order valence-corrected chi connectivity index (χ2v) is 5.90. The molecular weight excluding hydrogens is 274 g/mol. The van der Waals surface area contributed by atoms with Crippen LogP contribution in [-0.2, 0) is 9.59 Å². The van der Waals surface area contributed by atoms with Crippen LogP contribution in [0.3, 0.4) is 0 Å². The van der Waals surface area contributed by atoms with E-state index in [2.05, 4.69) is 0 Å². The second-order valence-electron chi connectivity index (χ2n) is 5.90. The molecule has 0 bridgehead atoms. The summed E-state index contributed by atoms with van der Waals surface area (Å²) >= 11 is 0. The zero-order valence-corrected chi connectivity index (χ0v) is 12.2. The second kappa shape index (κ2) is 6.78. The third-order valence-corrected chi connectivity index (χ3v) is 4.48. The van der Waals surface area contributed by atoms with Gasteiger partial charge in [-0.3, -0.25) is 9.59 Å². The first-order valence-electron chi connectivity index (χ1n) is 7.55. The van der Waals surface area contributed by atoms with Gasteiger partial charge in [-0.1, -0.05) is 0 Å². The number of carboxylic acid groups (broad SMARTS) is 1. The van der Waals surface area contributed by atoms with E-state index in [9.17, 15) is 14.4 Å². The largest absolute Gasteiger partial charge is 0.481 e. The lowest BCUT2D eigenvalue weighted by Gasteiger charge is -2.35. The van der Waals surface area contributed by atoms with Crippen LogP contribution >= 0.6 is 0 Å². The van der Waals surface area contributed by atoms with Gasteiger partial charge in [0.15, 0.2) is 0 Å². The number of hydrogen-bond donors (Lipinski definition) is 2. The molecule has 0 radical (unpaired) electrons. The number of likely N-dealkylation sites (tertiary alicyclic amines) is 2. The van der Waals surface area contributed by atoms with Crippen LogP contribution in [0.4, 0.5) is 4.79 Å². The highest BCUT2D eigenvalue weighted by Crippen LogP contribution is 2.25. The highest BCUT2D eigenvalue weighted by atomic mass is 16.4. The molecule has 2 aliphatic rings. The fourth-order valence-corrected chi connectivity index (χ4v) is 3.21. The number of rotatable bonds is 4. The molecule has 7 heteroatoms. The van der Waals surface area contributed by atoms with Crippen molar-refractivity contribution in [3.63, 3.8) is 0 Å². The number of amides is 3. The van der Waals surface area contributed by atoms with Crippen molar-refractivity contribution in [3.05, 3.63) is 0 Å². The molecule has 2 fully saturated rings. The standard InChI is InChI=1S/C14H23N3O4/c15-13(20)11-2-1-7-17(11)14(21)16-8-5-10(6-9-16)3-4-12(18)19/h10-11H,1-9H2,(H2,15,20)(H,18,19). The van der Waals surface area contributed by atoms with Crippen LogP contribution < -0.4 is 5.73 Å². The molecule has 1 atom stereocenters. The Balaban J connectivity index is 1.83. The number of carbonyl (C=O) groups excluding carboxylic acids is 2. The predicted molar refractivity (Wildman–Crippen MR) is 75.5 cm³/mol. The number of urea groups is 1. The third kappa shape index (κ3) is 3.86. The Morgan fingerprint density at radius 3 is 2.33 bits per heavy atom. The maximum absolute atomic E-state index is 12.4. The van der Waals surface area contributed by atoms with Gasteiger partial charge in [0.1, 0.15) is 6.04 Å². The van der Waals surface area contributed by atoms with Crippen molar-refractivity contribution in [2.75, 3.05) is 19.6 Å². The van der Waals surface area contributed by atoms with Crippen LogP contribution in [0.5, 0.6) is 0 Å². The molecule has 21 heavy (non-hydrogen) atoms. The molecule has 118 valence electrons. The Morgan fingerprint density at radius 2 is 1.76 bits per heavy atom. The number of carbonyl (C=O) groups is 3. The predicted octanol–water partition coefficient (Wildman–Crippen LogP) is 0.633. The SMILES string of the molecule is NC(=O)C1CCCN1C(=O)N1CCC(CCC(=O)O)CC1. The summed E-state index contributed by atoms with van der Waals surface area (Å²) in [5.74, 6) is -0.831. The minimum Gasteiger partial charge on any atom is -0.481 e. The smallest absolute Gasteiger partial charge is 0.320 e. The minimum absolute atomic E-state index is 0.104. The first kappa shape index (κ1) is 15.6. The Hall–Kier alpha value is -1.79. The quantitative estimate of drug-likeness (QED) is 0.794. The van der Waals surface area contributed by atoms with Crippen molar-refractivity contribution in [1.29, 1.82) is 0 Å². The first-order valence-corrected chi connectivity index (χ1v) is 7.55. The van der Waals surface area contributed by atoms with E-state index < -0.39 is 17.9 Å². The number of aliphatic carboxylic acids is 1. The van der Waals surface area contributed by atoms with Gasteiger partial charge in [0.05, 0.1) is 0 Å². The molecule has 0 spiro atoms. The van der Waals surface area contributed by atoms with Gasteiger partial charge in [-0.15, -0.1) is 0 Å². The molecule has 3 N–H and O–H groups in total. The average Bonchev–Trinajstić information content (AvgIpc) is 2.94. The van der Waals surface area contributed by atoms with Gasteiger partial charge in [-0.2, -0.15) is 0 Å². The zero-order valence-electron chi connectivity index (χ0n) is 12.2. The van der Waals surface area contributed by atoms with Crippen LogP contribution in [0.25, 0.3) is 0 Å². The Labute approximate surface area is 124 Å². The summed E-state index contributed by atoms with van der Waals surface area (Å²) in [6.07, 6.45) is 3.98. The van der Waals surface area contributed by atoms with Crippen molar-refractivity contribution in [2.45, 2.75) is 44.6 Å². The summed E-state index contributed by atoms with van der Waals surface area (Å²) in [6, 6.07) is -0.574. The van der Waals surface area contributed by atoms with E-state index in [1.165, 1.54) is 0 Å². The van der Waals surface area contributed by atoms with Crippen molar-refractivity contribution < 1.29 is 19.5 Å². The van der Waals surface area contributed by atoms with E-state index in [1.807, 2.05) is 0 Å². The number of primary amides is 1. The van der Waals surface area contributed by atoms with E-state index in [0.29, 0.717) is 38.4 Å². The molecule has 2 saturated heterocycles. The van der Waals surface area contributed by atoms with Crippen molar-refractivity contribution in [3.8, 4) is 0 Å². The van der Waals surface area contributed by atoms with E-state index in [4.69, 9.17) is 10.8 Å². The van der Waals surface area contributed by atoms with Gasteiger partial charge in [0.2, 0.25) is 5.91 Å². The van der Waals surface area contributed by atoms with Gasteiger partial charge >= 0.3 is 12.0 Å². The molecule has 2 aliphatic heterocycles. The van der Waals surface area contributed by atoms with Crippen molar-refractivity contribution in [1.82, 2.24) is 9.80 Å². The van der Waals surface area contributed by atoms with Crippen LogP contribution in [0, 0.1) is 5.92 Å². The number of carboxylic acids is 1.